The van der Waals surface area contributed by atoms with E-state index in [1.165, 1.54) is 7.11 Å². The number of aryl methyl sites for hydroxylation is 1. The Morgan fingerprint density at radius 2 is 1.71 bits per heavy atom. The van der Waals surface area contributed by atoms with Crippen molar-refractivity contribution in [2.24, 2.45) is 0 Å². The molecule has 4 rings (SSSR count). The predicted octanol–water partition coefficient (Wildman–Crippen LogP) is 3.97. The van der Waals surface area contributed by atoms with Gasteiger partial charge in [0.05, 0.1) is 17.8 Å². The highest BCUT2D eigenvalue weighted by atomic mass is 35.5. The Labute approximate surface area is 208 Å². The quantitative estimate of drug-likeness (QED) is 0.571. The summed E-state index contributed by atoms with van der Waals surface area (Å²) in [5.74, 6) is -0.0712. The van der Waals surface area contributed by atoms with Crippen molar-refractivity contribution >= 4 is 35.0 Å². The summed E-state index contributed by atoms with van der Waals surface area (Å²) >= 11 is 12.7. The molecule has 2 aromatic carbocycles. The molecule has 0 saturated carbocycles. The van der Waals surface area contributed by atoms with Crippen molar-refractivity contribution in [1.82, 2.24) is 25.1 Å². The van der Waals surface area contributed by atoms with E-state index in [0.29, 0.717) is 53.4 Å². The van der Waals surface area contributed by atoms with Gasteiger partial charge in [0.2, 0.25) is 5.91 Å². The van der Waals surface area contributed by atoms with Crippen molar-refractivity contribution in [3.05, 3.63) is 63.8 Å². The summed E-state index contributed by atoms with van der Waals surface area (Å²) in [5, 5.41) is 7.48. The van der Waals surface area contributed by atoms with E-state index in [1.807, 2.05) is 37.3 Å². The molecule has 0 bridgehead atoms. The van der Waals surface area contributed by atoms with Crippen LogP contribution in [0, 0.1) is 6.92 Å². The van der Waals surface area contributed by atoms with Crippen molar-refractivity contribution in [2.45, 2.75) is 13.8 Å². The molecule has 1 N–H and O–H groups in total. The number of ether oxygens (including phenoxy) is 1. The smallest absolute Gasteiger partial charge is 0.289 e. The highest BCUT2D eigenvalue weighted by Crippen LogP contribution is 2.37. The van der Waals surface area contributed by atoms with Crippen molar-refractivity contribution in [1.29, 1.82) is 0 Å². The maximum absolute atomic E-state index is 13.3. The third-order valence-electron chi connectivity index (χ3n) is 5.69. The second-order valence-corrected chi connectivity index (χ2v) is 8.88. The minimum absolute atomic E-state index is 0.0222. The number of nitrogens with one attached hydrogen (secondary N) is 1. The molecule has 1 fully saturated rings. The molecule has 2 amide bonds. The van der Waals surface area contributed by atoms with Gasteiger partial charge in [-0.2, -0.15) is 5.10 Å². The number of nitrogens with zero attached hydrogens (tertiary/aromatic N) is 4. The van der Waals surface area contributed by atoms with Gasteiger partial charge < -0.3 is 9.64 Å². The third-order valence-corrected chi connectivity index (χ3v) is 6.25. The van der Waals surface area contributed by atoms with Gasteiger partial charge in [-0.25, -0.2) is 9.69 Å². The van der Waals surface area contributed by atoms with Gasteiger partial charge in [-0.1, -0.05) is 41.4 Å². The molecule has 1 aromatic heterocycles. The van der Waals surface area contributed by atoms with Crippen LogP contribution in [0.5, 0.6) is 5.75 Å². The number of amides is 2. The maximum atomic E-state index is 13.3. The van der Waals surface area contributed by atoms with Crippen molar-refractivity contribution in [3.63, 3.8) is 0 Å². The van der Waals surface area contributed by atoms with Crippen LogP contribution in [0.25, 0.3) is 16.9 Å². The molecule has 0 spiro atoms. The van der Waals surface area contributed by atoms with E-state index in [0.717, 1.165) is 11.1 Å². The Morgan fingerprint density at radius 3 is 2.29 bits per heavy atom. The lowest BCUT2D eigenvalue weighted by molar-refractivity contribution is -0.130. The second kappa shape index (κ2) is 10.0. The molecular formula is C24H25Cl2N5O3. The Hall–Kier alpha value is -3.07. The van der Waals surface area contributed by atoms with E-state index in [2.05, 4.69) is 10.5 Å². The summed E-state index contributed by atoms with van der Waals surface area (Å²) in [6.07, 6.45) is 0. The fourth-order valence-electron chi connectivity index (χ4n) is 3.89. The number of methoxy groups -OCH3 is 1. The van der Waals surface area contributed by atoms with E-state index in [9.17, 15) is 9.59 Å². The lowest BCUT2D eigenvalue weighted by atomic mass is 10.1. The molecule has 0 aliphatic carbocycles. The zero-order valence-corrected chi connectivity index (χ0v) is 20.7. The predicted molar refractivity (Wildman–Crippen MR) is 132 cm³/mol. The highest BCUT2D eigenvalue weighted by Gasteiger charge is 2.29. The Bertz CT molecular complexity index is 1220. The zero-order valence-electron chi connectivity index (χ0n) is 19.1. The Kier molecular flexibility index (Phi) is 7.11. The SMILES string of the molecule is COc1c(C(=O)NN2CCN(C(C)=O)CC2)nn(-c2ccc(C)cc2Cl)c1-c1ccc(Cl)cc1. The van der Waals surface area contributed by atoms with Crippen molar-refractivity contribution in [2.75, 3.05) is 33.3 Å². The summed E-state index contributed by atoms with van der Waals surface area (Å²) in [6.45, 7) is 5.60. The third kappa shape index (κ3) is 4.89. The van der Waals surface area contributed by atoms with Crippen molar-refractivity contribution in [3.8, 4) is 22.7 Å². The molecule has 10 heteroatoms. The van der Waals surface area contributed by atoms with Crippen molar-refractivity contribution < 1.29 is 14.3 Å². The number of carbonyl (C=O) groups is 2. The van der Waals surface area contributed by atoms with Crippen LogP contribution in [0.15, 0.2) is 42.5 Å². The van der Waals surface area contributed by atoms with Gasteiger partial charge in [0, 0.05) is 43.7 Å². The number of hydrogen-bond acceptors (Lipinski definition) is 5. The molecular weight excluding hydrogens is 477 g/mol. The first-order valence-electron chi connectivity index (χ1n) is 10.8. The van der Waals surface area contributed by atoms with E-state index >= 15 is 0 Å². The van der Waals surface area contributed by atoms with Crippen LogP contribution in [0.1, 0.15) is 23.0 Å². The summed E-state index contributed by atoms with van der Waals surface area (Å²) in [7, 11) is 1.50. The number of hydrazine groups is 1. The van der Waals surface area contributed by atoms with Gasteiger partial charge in [0.15, 0.2) is 11.4 Å². The lowest BCUT2D eigenvalue weighted by Crippen LogP contribution is -2.54. The van der Waals surface area contributed by atoms with Crippen LogP contribution in [0.4, 0.5) is 0 Å². The van der Waals surface area contributed by atoms with Gasteiger partial charge in [0.25, 0.3) is 5.91 Å². The van der Waals surface area contributed by atoms with E-state index in [1.54, 1.807) is 33.6 Å². The van der Waals surface area contributed by atoms with E-state index in [4.69, 9.17) is 27.9 Å². The van der Waals surface area contributed by atoms with Crippen LogP contribution >= 0.6 is 23.2 Å². The van der Waals surface area contributed by atoms with Gasteiger partial charge in [-0.15, -0.1) is 0 Å². The summed E-state index contributed by atoms with van der Waals surface area (Å²) in [6, 6.07) is 12.8. The van der Waals surface area contributed by atoms with Crippen LogP contribution in [-0.2, 0) is 4.79 Å². The number of halogens is 2. The average molecular weight is 502 g/mol. The minimum Gasteiger partial charge on any atom is -0.492 e. The second-order valence-electron chi connectivity index (χ2n) is 8.04. The fraction of sp³-hybridized carbons (Fsp3) is 0.292. The largest absolute Gasteiger partial charge is 0.492 e. The molecule has 8 nitrogen and oxygen atoms in total. The van der Waals surface area contributed by atoms with Gasteiger partial charge in [-0.3, -0.25) is 15.0 Å². The summed E-state index contributed by atoms with van der Waals surface area (Å²) < 4.78 is 7.31. The number of aromatic nitrogens is 2. The van der Waals surface area contributed by atoms with E-state index in [-0.39, 0.29) is 11.6 Å². The number of carbonyl (C=O) groups excluding carboxylic acids is 2. The molecule has 34 heavy (non-hydrogen) atoms. The minimum atomic E-state index is -0.412. The molecule has 0 atom stereocenters. The molecule has 3 aromatic rings. The first-order valence-corrected chi connectivity index (χ1v) is 11.5. The number of rotatable bonds is 5. The first-order chi connectivity index (χ1) is 16.3. The molecule has 1 aliphatic heterocycles. The van der Waals surface area contributed by atoms with Gasteiger partial charge >= 0.3 is 0 Å². The monoisotopic (exact) mass is 501 g/mol. The molecule has 0 unspecified atom stereocenters. The molecule has 1 aliphatic rings. The molecule has 1 saturated heterocycles. The summed E-state index contributed by atoms with van der Waals surface area (Å²) in [4.78, 5) is 26.6. The standard InChI is InChI=1S/C24H25Cl2N5O3/c1-15-4-9-20(19(26)14-15)31-22(17-5-7-18(25)8-6-17)23(34-3)21(27-31)24(33)28-30-12-10-29(11-13-30)16(2)32/h4-9,14H,10-13H2,1-3H3,(H,28,33). The number of hydrogen-bond donors (Lipinski definition) is 1. The molecule has 2 heterocycles. The normalized spacial score (nSPS) is 14.2. The fourth-order valence-corrected chi connectivity index (χ4v) is 4.34. The number of benzene rings is 2. The van der Waals surface area contributed by atoms with Gasteiger partial charge in [-0.05, 0) is 36.8 Å². The highest BCUT2D eigenvalue weighted by molar-refractivity contribution is 6.32. The van der Waals surface area contributed by atoms with Gasteiger partial charge in [0.1, 0.15) is 5.69 Å². The average Bonchev–Trinajstić information content (AvgIpc) is 3.19. The maximum Gasteiger partial charge on any atom is 0.289 e. The van der Waals surface area contributed by atoms with Crippen LogP contribution in [-0.4, -0.2) is 64.8 Å². The molecule has 0 radical (unpaired) electrons. The zero-order chi connectivity index (χ0) is 24.4. The number of piperazine rings is 1. The molecule has 178 valence electrons. The Morgan fingerprint density at radius 1 is 1.03 bits per heavy atom. The summed E-state index contributed by atoms with van der Waals surface area (Å²) in [5.41, 5.74) is 5.98. The van der Waals surface area contributed by atoms with Crippen LogP contribution in [0.2, 0.25) is 10.0 Å². The Balaban J connectivity index is 1.74. The van der Waals surface area contributed by atoms with Crippen LogP contribution in [0.3, 0.4) is 0 Å². The topological polar surface area (TPSA) is 79.7 Å². The van der Waals surface area contributed by atoms with E-state index < -0.39 is 5.91 Å². The first kappa shape index (κ1) is 24.1. The van der Waals surface area contributed by atoms with Crippen LogP contribution < -0.4 is 10.2 Å². The lowest BCUT2D eigenvalue weighted by Gasteiger charge is -2.33.